The molecule has 170 valence electrons. The number of rotatable bonds is 6. The van der Waals surface area contributed by atoms with Gasteiger partial charge in [0.05, 0.1) is 22.8 Å². The van der Waals surface area contributed by atoms with Crippen LogP contribution in [0.3, 0.4) is 0 Å². The zero-order valence-electron chi connectivity index (χ0n) is 18.7. The number of sulfone groups is 1. The Balaban J connectivity index is 1.57. The minimum Gasteiger partial charge on any atom is -0.337 e. The highest BCUT2D eigenvalue weighted by Crippen LogP contribution is 2.13. The van der Waals surface area contributed by atoms with Gasteiger partial charge < -0.3 is 9.80 Å². The minimum absolute atomic E-state index is 0.0625. The van der Waals surface area contributed by atoms with Gasteiger partial charge >= 0.3 is 0 Å². The van der Waals surface area contributed by atoms with E-state index in [9.17, 15) is 13.2 Å². The predicted octanol–water partition coefficient (Wildman–Crippen LogP) is 1.62. The van der Waals surface area contributed by atoms with Crippen LogP contribution in [-0.4, -0.2) is 93.1 Å². The van der Waals surface area contributed by atoms with Crippen molar-refractivity contribution in [2.24, 2.45) is 0 Å². The molecule has 0 bridgehead atoms. The molecule has 0 radical (unpaired) electrons. The van der Waals surface area contributed by atoms with Crippen LogP contribution in [0.1, 0.15) is 22.3 Å². The number of hydrogen-bond acceptors (Lipinski definition) is 6. The topological polar surface area (TPSA) is 73.8 Å². The smallest absolute Gasteiger partial charge is 0.255 e. The Kier molecular flexibility index (Phi) is 8.39. The van der Waals surface area contributed by atoms with E-state index in [0.717, 1.165) is 18.5 Å². The standard InChI is InChI=1S/C24H30N4O3S/c1-26(2)11-6-8-21-18-22(20-25-19-21)24(29)28-13-7-12-27(14-15-28)16-17-32(30,31)23-9-4-3-5-10-23/h3-5,9-10,18-20H,7,11-17H2,1-2H3. The molecule has 7 nitrogen and oxygen atoms in total. The van der Waals surface area contributed by atoms with E-state index in [1.54, 1.807) is 48.8 Å². The minimum atomic E-state index is -3.31. The summed E-state index contributed by atoms with van der Waals surface area (Å²) >= 11 is 0. The van der Waals surface area contributed by atoms with Crippen LogP contribution in [0.15, 0.2) is 53.7 Å². The molecule has 0 spiro atoms. The Hall–Kier alpha value is -2.73. The van der Waals surface area contributed by atoms with Gasteiger partial charge in [0, 0.05) is 44.1 Å². The first-order valence-electron chi connectivity index (χ1n) is 10.7. The summed E-state index contributed by atoms with van der Waals surface area (Å²) in [6.07, 6.45) is 4.04. The zero-order valence-corrected chi connectivity index (χ0v) is 19.5. The van der Waals surface area contributed by atoms with Crippen molar-refractivity contribution in [1.82, 2.24) is 19.7 Å². The van der Waals surface area contributed by atoms with Gasteiger partial charge in [0.15, 0.2) is 9.84 Å². The molecule has 1 aliphatic rings. The third-order valence-corrected chi connectivity index (χ3v) is 6.98. The van der Waals surface area contributed by atoms with Crippen molar-refractivity contribution in [2.75, 3.05) is 59.1 Å². The number of carbonyl (C=O) groups excluding carboxylic acids is 1. The number of nitrogens with zero attached hydrogens (tertiary/aromatic N) is 4. The van der Waals surface area contributed by atoms with E-state index in [4.69, 9.17) is 0 Å². The Morgan fingerprint density at radius 1 is 1.09 bits per heavy atom. The fourth-order valence-corrected chi connectivity index (χ4v) is 4.81. The van der Waals surface area contributed by atoms with E-state index < -0.39 is 9.84 Å². The van der Waals surface area contributed by atoms with E-state index in [2.05, 4.69) is 21.7 Å². The maximum absolute atomic E-state index is 13.0. The molecule has 1 aromatic carbocycles. The molecule has 0 aliphatic carbocycles. The van der Waals surface area contributed by atoms with Crippen LogP contribution in [0, 0.1) is 11.8 Å². The molecule has 32 heavy (non-hydrogen) atoms. The lowest BCUT2D eigenvalue weighted by molar-refractivity contribution is 0.0761. The van der Waals surface area contributed by atoms with Gasteiger partial charge in [0.25, 0.3) is 5.91 Å². The summed E-state index contributed by atoms with van der Waals surface area (Å²) in [5.41, 5.74) is 1.25. The van der Waals surface area contributed by atoms with Crippen LogP contribution >= 0.6 is 0 Å². The van der Waals surface area contributed by atoms with Crippen molar-refractivity contribution < 1.29 is 13.2 Å². The van der Waals surface area contributed by atoms with E-state index in [-0.39, 0.29) is 11.7 Å². The van der Waals surface area contributed by atoms with Gasteiger partial charge in [0.1, 0.15) is 0 Å². The summed E-state index contributed by atoms with van der Waals surface area (Å²) in [5.74, 6) is 6.11. The van der Waals surface area contributed by atoms with Crippen molar-refractivity contribution in [3.05, 3.63) is 59.9 Å². The first kappa shape index (κ1) is 23.9. The zero-order chi connectivity index (χ0) is 23.0. The highest BCUT2D eigenvalue weighted by atomic mass is 32.2. The fourth-order valence-electron chi connectivity index (χ4n) is 3.50. The van der Waals surface area contributed by atoms with Crippen LogP contribution in [0.2, 0.25) is 0 Å². The lowest BCUT2D eigenvalue weighted by Crippen LogP contribution is -2.36. The summed E-state index contributed by atoms with van der Waals surface area (Å²) in [6, 6.07) is 10.3. The molecular weight excluding hydrogens is 424 g/mol. The van der Waals surface area contributed by atoms with Gasteiger partial charge in [0.2, 0.25) is 0 Å². The summed E-state index contributed by atoms with van der Waals surface area (Å²) < 4.78 is 25.1. The quantitative estimate of drug-likeness (QED) is 0.618. The Bertz CT molecular complexity index is 1080. The van der Waals surface area contributed by atoms with Gasteiger partial charge in [-0.15, -0.1) is 0 Å². The van der Waals surface area contributed by atoms with Crippen LogP contribution in [0.25, 0.3) is 0 Å². The third-order valence-electron chi connectivity index (χ3n) is 5.27. The SMILES string of the molecule is CN(C)CC#Cc1cncc(C(=O)N2CCCN(CCS(=O)(=O)c3ccccc3)CC2)c1. The second kappa shape index (κ2) is 11.2. The molecule has 1 aromatic heterocycles. The average molecular weight is 455 g/mol. The molecule has 8 heteroatoms. The van der Waals surface area contributed by atoms with E-state index >= 15 is 0 Å². The van der Waals surface area contributed by atoms with Crippen LogP contribution in [0.5, 0.6) is 0 Å². The predicted molar refractivity (Wildman–Crippen MR) is 125 cm³/mol. The van der Waals surface area contributed by atoms with Gasteiger partial charge in [-0.05, 0) is 45.3 Å². The third kappa shape index (κ3) is 6.89. The normalized spacial score (nSPS) is 15.2. The van der Waals surface area contributed by atoms with Gasteiger partial charge in [-0.2, -0.15) is 0 Å². The number of benzene rings is 1. The summed E-state index contributed by atoms with van der Waals surface area (Å²) in [4.78, 5) is 23.5. The fraction of sp³-hybridized carbons (Fsp3) is 0.417. The first-order chi connectivity index (χ1) is 15.3. The molecule has 0 N–H and O–H groups in total. The highest BCUT2D eigenvalue weighted by molar-refractivity contribution is 7.91. The van der Waals surface area contributed by atoms with Crippen LogP contribution < -0.4 is 0 Å². The number of pyridine rings is 1. The van der Waals surface area contributed by atoms with Crippen molar-refractivity contribution in [3.63, 3.8) is 0 Å². The molecule has 2 heterocycles. The molecule has 0 atom stereocenters. The van der Waals surface area contributed by atoms with Gasteiger partial charge in [-0.25, -0.2) is 8.42 Å². The highest BCUT2D eigenvalue weighted by Gasteiger charge is 2.22. The van der Waals surface area contributed by atoms with Crippen LogP contribution in [0.4, 0.5) is 0 Å². The van der Waals surface area contributed by atoms with Gasteiger partial charge in [-0.3, -0.25) is 14.7 Å². The largest absolute Gasteiger partial charge is 0.337 e. The molecule has 2 aromatic rings. The maximum Gasteiger partial charge on any atom is 0.255 e. The van der Waals surface area contributed by atoms with E-state index in [0.29, 0.717) is 43.2 Å². The lowest BCUT2D eigenvalue weighted by Gasteiger charge is -2.22. The van der Waals surface area contributed by atoms with Crippen LogP contribution in [-0.2, 0) is 9.84 Å². The second-order valence-electron chi connectivity index (χ2n) is 8.12. The molecular formula is C24H30N4O3S. The number of hydrogen-bond donors (Lipinski definition) is 0. The average Bonchev–Trinajstić information content (AvgIpc) is 3.04. The Labute approximate surface area is 191 Å². The number of carbonyl (C=O) groups is 1. The molecule has 1 saturated heterocycles. The van der Waals surface area contributed by atoms with E-state index in [1.807, 2.05) is 23.9 Å². The lowest BCUT2D eigenvalue weighted by atomic mass is 10.2. The number of aromatic nitrogens is 1. The van der Waals surface area contributed by atoms with Crippen molar-refractivity contribution in [3.8, 4) is 11.8 Å². The van der Waals surface area contributed by atoms with Crippen molar-refractivity contribution in [1.29, 1.82) is 0 Å². The van der Waals surface area contributed by atoms with E-state index in [1.165, 1.54) is 0 Å². The first-order valence-corrected chi connectivity index (χ1v) is 12.4. The molecule has 3 rings (SSSR count). The van der Waals surface area contributed by atoms with Crippen molar-refractivity contribution in [2.45, 2.75) is 11.3 Å². The molecule has 1 fully saturated rings. The summed E-state index contributed by atoms with van der Waals surface area (Å²) in [5, 5.41) is 0. The molecule has 0 saturated carbocycles. The van der Waals surface area contributed by atoms with Gasteiger partial charge in [-0.1, -0.05) is 30.0 Å². The summed E-state index contributed by atoms with van der Waals surface area (Å²) in [7, 11) is 0.593. The Morgan fingerprint density at radius 2 is 1.88 bits per heavy atom. The molecule has 0 unspecified atom stereocenters. The second-order valence-corrected chi connectivity index (χ2v) is 10.2. The monoisotopic (exact) mass is 454 g/mol. The molecule has 1 amide bonds. The maximum atomic E-state index is 13.0. The summed E-state index contributed by atoms with van der Waals surface area (Å²) in [6.45, 7) is 3.70. The molecule has 1 aliphatic heterocycles. The number of amides is 1. The van der Waals surface area contributed by atoms with Crippen molar-refractivity contribution >= 4 is 15.7 Å². The Morgan fingerprint density at radius 3 is 2.62 bits per heavy atom.